The molecule has 1 aliphatic carbocycles. The summed E-state index contributed by atoms with van der Waals surface area (Å²) < 4.78 is 0. The highest BCUT2D eigenvalue weighted by atomic mass is 16.1. The van der Waals surface area contributed by atoms with Gasteiger partial charge in [-0.25, -0.2) is 0 Å². The van der Waals surface area contributed by atoms with Gasteiger partial charge in [0.1, 0.15) is 0 Å². The minimum Gasteiger partial charge on any atom is -0.354 e. The van der Waals surface area contributed by atoms with Crippen LogP contribution in [0.1, 0.15) is 64.2 Å². The van der Waals surface area contributed by atoms with Crippen LogP contribution >= 0.6 is 0 Å². The van der Waals surface area contributed by atoms with E-state index in [1.807, 2.05) is 0 Å². The number of hydrogen-bond donors (Lipinski definition) is 1. The Labute approximate surface area is 142 Å². The normalized spacial score (nSPS) is 27.7. The van der Waals surface area contributed by atoms with Crippen LogP contribution in [0, 0.1) is 5.92 Å². The van der Waals surface area contributed by atoms with E-state index in [1.165, 1.54) is 64.5 Å². The lowest BCUT2D eigenvalue weighted by molar-refractivity contribution is -0.127. The van der Waals surface area contributed by atoms with Crippen molar-refractivity contribution < 1.29 is 4.79 Å². The summed E-state index contributed by atoms with van der Waals surface area (Å²) in [4.78, 5) is 17.7. The summed E-state index contributed by atoms with van der Waals surface area (Å²) in [7, 11) is 2.22. The Kier molecular flexibility index (Phi) is 5.97. The molecule has 2 aliphatic heterocycles. The van der Waals surface area contributed by atoms with Gasteiger partial charge in [0.05, 0.1) is 0 Å². The van der Waals surface area contributed by atoms with Crippen molar-refractivity contribution in [2.45, 2.75) is 69.7 Å². The molecule has 4 nitrogen and oxygen atoms in total. The van der Waals surface area contributed by atoms with Crippen LogP contribution in [0.25, 0.3) is 0 Å². The van der Waals surface area contributed by atoms with Crippen LogP contribution in [0.2, 0.25) is 0 Å². The third-order valence-electron chi connectivity index (χ3n) is 6.51. The van der Waals surface area contributed by atoms with E-state index in [2.05, 4.69) is 22.2 Å². The summed E-state index contributed by atoms with van der Waals surface area (Å²) in [5.74, 6) is 0.619. The summed E-state index contributed by atoms with van der Waals surface area (Å²) in [5, 5.41) is 3.38. The number of nitrogens with zero attached hydrogens (tertiary/aromatic N) is 2. The van der Waals surface area contributed by atoms with Gasteiger partial charge < -0.3 is 10.2 Å². The Morgan fingerprint density at radius 1 is 0.957 bits per heavy atom. The summed E-state index contributed by atoms with van der Waals surface area (Å²) in [6, 6.07) is 0. The highest BCUT2D eigenvalue weighted by molar-refractivity contribution is 5.78. The third-order valence-corrected chi connectivity index (χ3v) is 6.51. The molecule has 0 radical (unpaired) electrons. The summed E-state index contributed by atoms with van der Waals surface area (Å²) >= 11 is 0. The first-order valence-corrected chi connectivity index (χ1v) is 9.91. The predicted molar refractivity (Wildman–Crippen MR) is 94.5 cm³/mol. The van der Waals surface area contributed by atoms with Gasteiger partial charge in [-0.15, -0.1) is 0 Å². The largest absolute Gasteiger partial charge is 0.354 e. The second kappa shape index (κ2) is 7.98. The number of nitrogens with one attached hydrogen (secondary N) is 1. The van der Waals surface area contributed by atoms with Gasteiger partial charge in [0, 0.05) is 18.0 Å². The zero-order chi connectivity index (χ0) is 16.1. The van der Waals surface area contributed by atoms with Crippen LogP contribution < -0.4 is 5.32 Å². The van der Waals surface area contributed by atoms with E-state index < -0.39 is 0 Å². The van der Waals surface area contributed by atoms with E-state index in [9.17, 15) is 4.79 Å². The average molecular weight is 322 g/mol. The fourth-order valence-corrected chi connectivity index (χ4v) is 4.77. The molecule has 1 amide bonds. The molecular formula is C19H35N3O. The van der Waals surface area contributed by atoms with Crippen LogP contribution in [0.5, 0.6) is 0 Å². The fourth-order valence-electron chi connectivity index (χ4n) is 4.77. The number of piperidine rings is 2. The van der Waals surface area contributed by atoms with E-state index in [1.54, 1.807) is 0 Å². The Balaban J connectivity index is 1.60. The molecule has 2 saturated heterocycles. The minimum absolute atomic E-state index is 0.220. The van der Waals surface area contributed by atoms with E-state index in [0.29, 0.717) is 5.91 Å². The Morgan fingerprint density at radius 3 is 2.22 bits per heavy atom. The molecule has 4 heteroatoms. The van der Waals surface area contributed by atoms with Gasteiger partial charge in [-0.1, -0.05) is 25.7 Å². The zero-order valence-corrected chi connectivity index (χ0v) is 15.0. The molecule has 2 heterocycles. The molecule has 1 N–H and O–H groups in total. The van der Waals surface area contributed by atoms with Crippen LogP contribution in [-0.2, 0) is 4.79 Å². The van der Waals surface area contributed by atoms with Crippen molar-refractivity contribution in [1.29, 1.82) is 0 Å². The lowest BCUT2D eigenvalue weighted by Crippen LogP contribution is -2.61. The van der Waals surface area contributed by atoms with Crippen molar-refractivity contribution in [3.63, 3.8) is 0 Å². The van der Waals surface area contributed by atoms with Crippen molar-refractivity contribution in [2.24, 2.45) is 5.92 Å². The number of carbonyl (C=O) groups is 1. The van der Waals surface area contributed by atoms with Gasteiger partial charge in [-0.2, -0.15) is 0 Å². The molecule has 0 aromatic rings. The predicted octanol–water partition coefficient (Wildman–Crippen LogP) is 2.63. The van der Waals surface area contributed by atoms with Gasteiger partial charge in [0.15, 0.2) is 0 Å². The molecule has 3 aliphatic rings. The number of likely N-dealkylation sites (tertiary alicyclic amines) is 2. The molecule has 0 atom stereocenters. The number of rotatable bonds is 4. The molecule has 132 valence electrons. The molecule has 0 spiro atoms. The molecule has 23 heavy (non-hydrogen) atoms. The summed E-state index contributed by atoms with van der Waals surface area (Å²) in [6.45, 7) is 5.65. The molecule has 0 aromatic heterocycles. The number of amides is 1. The van der Waals surface area contributed by atoms with Crippen molar-refractivity contribution in [1.82, 2.24) is 15.1 Å². The number of carbonyl (C=O) groups excluding carboxylic acids is 1. The lowest BCUT2D eigenvalue weighted by Gasteiger charge is -2.50. The average Bonchev–Trinajstić information content (AvgIpc) is 2.63. The Hall–Kier alpha value is -0.610. The molecule has 1 saturated carbocycles. The standard InChI is InChI=1S/C19H35N3O/c1-21-14-10-19(11-15-21,22-12-6-3-7-13-22)16-20-18(23)17-8-4-2-5-9-17/h17H,2-16H2,1H3,(H,20,23). The first-order chi connectivity index (χ1) is 11.2. The molecular weight excluding hydrogens is 286 g/mol. The third kappa shape index (κ3) is 4.27. The smallest absolute Gasteiger partial charge is 0.223 e. The summed E-state index contributed by atoms with van der Waals surface area (Å²) in [6.07, 6.45) is 12.4. The van der Waals surface area contributed by atoms with Crippen molar-refractivity contribution >= 4 is 5.91 Å². The van der Waals surface area contributed by atoms with Crippen LogP contribution in [0.15, 0.2) is 0 Å². The Bertz CT molecular complexity index is 378. The van der Waals surface area contributed by atoms with Crippen molar-refractivity contribution in [3.05, 3.63) is 0 Å². The fraction of sp³-hybridized carbons (Fsp3) is 0.947. The second-order valence-corrected chi connectivity index (χ2v) is 8.13. The highest BCUT2D eigenvalue weighted by Gasteiger charge is 2.40. The lowest BCUT2D eigenvalue weighted by atomic mass is 9.83. The number of hydrogen-bond acceptors (Lipinski definition) is 3. The maximum atomic E-state index is 12.6. The van der Waals surface area contributed by atoms with Crippen LogP contribution in [-0.4, -0.2) is 61.0 Å². The van der Waals surface area contributed by atoms with Gasteiger partial charge in [-0.05, 0) is 71.8 Å². The second-order valence-electron chi connectivity index (χ2n) is 8.13. The topological polar surface area (TPSA) is 35.6 Å². The molecule has 3 rings (SSSR count). The van der Waals surface area contributed by atoms with Crippen molar-refractivity contribution in [3.8, 4) is 0 Å². The van der Waals surface area contributed by atoms with Gasteiger partial charge in [-0.3, -0.25) is 9.69 Å². The first kappa shape index (κ1) is 17.2. The van der Waals surface area contributed by atoms with E-state index in [-0.39, 0.29) is 11.5 Å². The van der Waals surface area contributed by atoms with E-state index >= 15 is 0 Å². The minimum atomic E-state index is 0.220. The molecule has 3 fully saturated rings. The van der Waals surface area contributed by atoms with Gasteiger partial charge >= 0.3 is 0 Å². The van der Waals surface area contributed by atoms with E-state index in [4.69, 9.17) is 0 Å². The summed E-state index contributed by atoms with van der Waals surface area (Å²) in [5.41, 5.74) is 0.220. The molecule has 0 bridgehead atoms. The van der Waals surface area contributed by atoms with Crippen LogP contribution in [0.3, 0.4) is 0 Å². The monoisotopic (exact) mass is 321 g/mol. The zero-order valence-electron chi connectivity index (χ0n) is 15.0. The maximum absolute atomic E-state index is 12.6. The van der Waals surface area contributed by atoms with Crippen LogP contribution in [0.4, 0.5) is 0 Å². The first-order valence-electron chi connectivity index (χ1n) is 9.91. The van der Waals surface area contributed by atoms with Crippen molar-refractivity contribution in [2.75, 3.05) is 39.8 Å². The SMILES string of the molecule is CN1CCC(CNC(=O)C2CCCCC2)(N2CCCCC2)CC1. The maximum Gasteiger partial charge on any atom is 0.223 e. The Morgan fingerprint density at radius 2 is 1.57 bits per heavy atom. The highest BCUT2D eigenvalue weighted by Crippen LogP contribution is 2.31. The van der Waals surface area contributed by atoms with E-state index in [0.717, 1.165) is 32.5 Å². The molecule has 0 aromatic carbocycles. The van der Waals surface area contributed by atoms with Gasteiger partial charge in [0.25, 0.3) is 0 Å². The quantitative estimate of drug-likeness (QED) is 0.864. The molecule has 0 unspecified atom stereocenters. The van der Waals surface area contributed by atoms with Gasteiger partial charge in [0.2, 0.25) is 5.91 Å².